The first-order chi connectivity index (χ1) is 7.43. The molecule has 4 heteroatoms. The van der Waals surface area contributed by atoms with Gasteiger partial charge in [-0.1, -0.05) is 6.07 Å². The molecule has 86 valence electrons. The lowest BCUT2D eigenvalue weighted by atomic mass is 10.1. The van der Waals surface area contributed by atoms with Crippen LogP contribution in [0.15, 0.2) is 12.1 Å². The number of methoxy groups -OCH3 is 1. The van der Waals surface area contributed by atoms with Crippen molar-refractivity contribution in [2.75, 3.05) is 7.11 Å². The Bertz CT molecular complexity index is 526. The summed E-state index contributed by atoms with van der Waals surface area (Å²) < 4.78 is 6.47. The van der Waals surface area contributed by atoms with Crippen molar-refractivity contribution < 1.29 is 4.74 Å². The Morgan fingerprint density at radius 1 is 1.38 bits per heavy atom. The summed E-state index contributed by atoms with van der Waals surface area (Å²) in [6, 6.07) is 4.00. The summed E-state index contributed by atoms with van der Waals surface area (Å²) in [4.78, 5) is 4.58. The summed E-state index contributed by atoms with van der Waals surface area (Å²) in [7, 11) is 1.66. The molecular formula is C12H16N2OS. The number of rotatable bonds is 2. The second-order valence-corrected chi connectivity index (χ2v) is 5.50. The number of nitrogens with zero attached hydrogens (tertiary/aromatic N) is 1. The van der Waals surface area contributed by atoms with Crippen LogP contribution in [-0.2, 0) is 5.54 Å². The molecule has 0 unspecified atom stereocenters. The maximum atomic E-state index is 6.07. The van der Waals surface area contributed by atoms with Crippen molar-refractivity contribution in [3.8, 4) is 5.75 Å². The van der Waals surface area contributed by atoms with Gasteiger partial charge in [0.05, 0.1) is 17.3 Å². The van der Waals surface area contributed by atoms with Gasteiger partial charge >= 0.3 is 0 Å². The Kier molecular flexibility index (Phi) is 2.64. The number of thiazole rings is 1. The zero-order chi connectivity index (χ0) is 11.9. The number of fused-ring (bicyclic) bond motifs is 1. The molecular weight excluding hydrogens is 220 g/mol. The second-order valence-electron chi connectivity index (χ2n) is 4.50. The number of nitrogens with two attached hydrogens (primary N) is 1. The van der Waals surface area contributed by atoms with E-state index in [2.05, 4.69) is 11.9 Å². The van der Waals surface area contributed by atoms with E-state index in [1.54, 1.807) is 18.4 Å². The average molecular weight is 236 g/mol. The van der Waals surface area contributed by atoms with Gasteiger partial charge in [-0.3, -0.25) is 0 Å². The van der Waals surface area contributed by atoms with Gasteiger partial charge in [0.25, 0.3) is 0 Å². The molecule has 1 aromatic carbocycles. The predicted octanol–water partition coefficient (Wildman–Crippen LogP) is 2.81. The van der Waals surface area contributed by atoms with Gasteiger partial charge in [-0.05, 0) is 32.4 Å². The highest BCUT2D eigenvalue weighted by Crippen LogP contribution is 2.35. The molecule has 1 heterocycles. The Hall–Kier alpha value is -1.13. The topological polar surface area (TPSA) is 48.1 Å². The Morgan fingerprint density at radius 2 is 2.06 bits per heavy atom. The number of ether oxygens (including phenoxy) is 1. The molecule has 1 aromatic heterocycles. The summed E-state index contributed by atoms with van der Waals surface area (Å²) in [5, 5.41) is 0.940. The molecule has 2 rings (SSSR count). The number of aromatic nitrogens is 1. The largest absolute Gasteiger partial charge is 0.494 e. The maximum absolute atomic E-state index is 6.07. The minimum atomic E-state index is -0.402. The summed E-state index contributed by atoms with van der Waals surface area (Å²) in [5.74, 6) is 0.812. The molecule has 0 radical (unpaired) electrons. The Morgan fingerprint density at radius 3 is 2.62 bits per heavy atom. The molecule has 0 amide bonds. The quantitative estimate of drug-likeness (QED) is 0.872. The van der Waals surface area contributed by atoms with Gasteiger partial charge in [0, 0.05) is 0 Å². The minimum absolute atomic E-state index is 0.402. The average Bonchev–Trinajstić information content (AvgIpc) is 2.63. The first-order valence-electron chi connectivity index (χ1n) is 5.17. The molecule has 0 saturated heterocycles. The van der Waals surface area contributed by atoms with Crippen molar-refractivity contribution >= 4 is 21.6 Å². The third kappa shape index (κ3) is 1.79. The first kappa shape index (κ1) is 11.4. The monoisotopic (exact) mass is 236 g/mol. The third-order valence-electron chi connectivity index (χ3n) is 2.47. The number of benzene rings is 1. The smallest absolute Gasteiger partial charge is 0.145 e. The molecule has 0 aliphatic heterocycles. The fourth-order valence-electron chi connectivity index (χ4n) is 1.55. The second kappa shape index (κ2) is 3.71. The lowest BCUT2D eigenvalue weighted by Crippen LogP contribution is -2.28. The molecule has 0 spiro atoms. The summed E-state index contributed by atoms with van der Waals surface area (Å²) >= 11 is 1.64. The van der Waals surface area contributed by atoms with Gasteiger partial charge in [0.1, 0.15) is 16.3 Å². The van der Waals surface area contributed by atoms with Crippen LogP contribution in [0.4, 0.5) is 0 Å². The molecule has 0 fully saturated rings. The van der Waals surface area contributed by atoms with Crippen LogP contribution in [0, 0.1) is 6.92 Å². The fourth-order valence-corrected chi connectivity index (χ4v) is 2.62. The fraction of sp³-hybridized carbons (Fsp3) is 0.417. The maximum Gasteiger partial charge on any atom is 0.145 e. The van der Waals surface area contributed by atoms with Gasteiger partial charge in [0.15, 0.2) is 0 Å². The van der Waals surface area contributed by atoms with Crippen molar-refractivity contribution in [1.82, 2.24) is 4.98 Å². The molecule has 2 aromatic rings. The standard InChI is InChI=1S/C12H16N2OS/c1-7-5-6-8(15-4)9-10(7)16-11(14-9)12(2,3)13/h5-6H,13H2,1-4H3. The predicted molar refractivity (Wildman–Crippen MR) is 68.1 cm³/mol. The van der Waals surface area contributed by atoms with E-state index < -0.39 is 5.54 Å². The van der Waals surface area contributed by atoms with Crippen molar-refractivity contribution in [2.45, 2.75) is 26.3 Å². The van der Waals surface area contributed by atoms with E-state index >= 15 is 0 Å². The van der Waals surface area contributed by atoms with Gasteiger partial charge in [-0.25, -0.2) is 4.98 Å². The van der Waals surface area contributed by atoms with E-state index in [1.807, 2.05) is 26.0 Å². The Balaban J connectivity index is 2.73. The Labute approximate surface area is 99.3 Å². The molecule has 3 nitrogen and oxygen atoms in total. The van der Waals surface area contributed by atoms with Gasteiger partial charge in [-0.15, -0.1) is 11.3 Å². The van der Waals surface area contributed by atoms with E-state index in [-0.39, 0.29) is 0 Å². The van der Waals surface area contributed by atoms with Gasteiger partial charge in [0.2, 0.25) is 0 Å². The molecule has 0 aliphatic rings. The summed E-state index contributed by atoms with van der Waals surface area (Å²) in [6.07, 6.45) is 0. The van der Waals surface area contributed by atoms with Crippen LogP contribution in [0.2, 0.25) is 0 Å². The van der Waals surface area contributed by atoms with Crippen LogP contribution in [-0.4, -0.2) is 12.1 Å². The zero-order valence-corrected chi connectivity index (χ0v) is 10.8. The highest BCUT2D eigenvalue weighted by Gasteiger charge is 2.21. The molecule has 0 saturated carbocycles. The SMILES string of the molecule is COc1ccc(C)c2sc(C(C)(C)N)nc12. The van der Waals surface area contributed by atoms with Crippen LogP contribution in [0.25, 0.3) is 10.2 Å². The van der Waals surface area contributed by atoms with Crippen LogP contribution in [0.1, 0.15) is 24.4 Å². The normalized spacial score (nSPS) is 12.1. The van der Waals surface area contributed by atoms with Gasteiger partial charge in [-0.2, -0.15) is 0 Å². The molecule has 0 atom stereocenters. The van der Waals surface area contributed by atoms with Gasteiger partial charge < -0.3 is 10.5 Å². The van der Waals surface area contributed by atoms with E-state index in [9.17, 15) is 0 Å². The molecule has 2 N–H and O–H groups in total. The van der Waals surface area contributed by atoms with Crippen LogP contribution >= 0.6 is 11.3 Å². The van der Waals surface area contributed by atoms with Crippen LogP contribution < -0.4 is 10.5 Å². The highest BCUT2D eigenvalue weighted by atomic mass is 32.1. The van der Waals surface area contributed by atoms with Crippen molar-refractivity contribution in [2.24, 2.45) is 5.73 Å². The minimum Gasteiger partial charge on any atom is -0.494 e. The summed E-state index contributed by atoms with van der Waals surface area (Å²) in [6.45, 7) is 6.01. The van der Waals surface area contributed by atoms with E-state index in [0.29, 0.717) is 0 Å². The van der Waals surface area contributed by atoms with Crippen molar-refractivity contribution in [3.05, 3.63) is 22.7 Å². The van der Waals surface area contributed by atoms with Crippen molar-refractivity contribution in [1.29, 1.82) is 0 Å². The lowest BCUT2D eigenvalue weighted by molar-refractivity contribution is 0.418. The third-order valence-corrected chi connectivity index (χ3v) is 4.00. The number of hydrogen-bond donors (Lipinski definition) is 1. The molecule has 0 aliphatic carbocycles. The molecule has 16 heavy (non-hydrogen) atoms. The van der Waals surface area contributed by atoms with Crippen LogP contribution in [0.5, 0.6) is 5.75 Å². The van der Waals surface area contributed by atoms with E-state index in [1.165, 1.54) is 5.56 Å². The lowest BCUT2D eigenvalue weighted by Gasteiger charge is -2.13. The first-order valence-corrected chi connectivity index (χ1v) is 5.98. The summed E-state index contributed by atoms with van der Waals surface area (Å²) in [5.41, 5.74) is 7.80. The van der Waals surface area contributed by atoms with Crippen molar-refractivity contribution in [3.63, 3.8) is 0 Å². The van der Waals surface area contributed by atoms with E-state index in [0.717, 1.165) is 21.0 Å². The highest BCUT2D eigenvalue weighted by molar-refractivity contribution is 7.19. The number of aryl methyl sites for hydroxylation is 1. The van der Waals surface area contributed by atoms with Crippen LogP contribution in [0.3, 0.4) is 0 Å². The zero-order valence-electron chi connectivity index (χ0n) is 10.00. The molecule has 0 bridgehead atoms. The number of hydrogen-bond acceptors (Lipinski definition) is 4. The van der Waals surface area contributed by atoms with E-state index in [4.69, 9.17) is 10.5 Å².